The van der Waals surface area contributed by atoms with Gasteiger partial charge in [-0.1, -0.05) is 18.2 Å². The molecule has 1 aliphatic heterocycles. The average Bonchev–Trinajstić information content (AvgIpc) is 2.78. The smallest absolute Gasteiger partial charge is 0.119 e. The van der Waals surface area contributed by atoms with Gasteiger partial charge in [0.25, 0.3) is 0 Å². The van der Waals surface area contributed by atoms with Gasteiger partial charge in [0.2, 0.25) is 0 Å². The van der Waals surface area contributed by atoms with E-state index in [1.54, 1.807) is 0 Å². The van der Waals surface area contributed by atoms with Gasteiger partial charge in [-0.25, -0.2) is 0 Å². The topological polar surface area (TPSA) is 40.4 Å². The minimum atomic E-state index is 0.0437. The van der Waals surface area contributed by atoms with Crippen LogP contribution < -0.4 is 5.32 Å². The fourth-order valence-electron chi connectivity index (χ4n) is 2.68. The second kappa shape index (κ2) is 5.10. The van der Waals surface area contributed by atoms with Gasteiger partial charge in [0, 0.05) is 44.3 Å². The van der Waals surface area contributed by atoms with E-state index in [2.05, 4.69) is 34.6 Å². The first-order valence-electron chi connectivity index (χ1n) is 6.49. The highest BCUT2D eigenvalue weighted by molar-refractivity contribution is 5.83. The molecule has 3 rings (SSSR count). The lowest BCUT2D eigenvalue weighted by molar-refractivity contribution is 0.213. The zero-order valence-corrected chi connectivity index (χ0v) is 10.5. The van der Waals surface area contributed by atoms with E-state index in [9.17, 15) is 5.11 Å². The number of nitrogens with one attached hydrogen (secondary N) is 1. The Labute approximate surface area is 107 Å². The number of benzene rings is 1. The number of fused-ring (bicyclic) bond motifs is 1. The summed E-state index contributed by atoms with van der Waals surface area (Å²) in [6.07, 6.45) is 2.08. The molecular formula is C14H19N3O. The van der Waals surface area contributed by atoms with Gasteiger partial charge in [-0.05, 0) is 11.6 Å². The first kappa shape index (κ1) is 11.7. The highest BCUT2D eigenvalue weighted by Crippen LogP contribution is 2.22. The van der Waals surface area contributed by atoms with E-state index in [-0.39, 0.29) is 6.73 Å². The zero-order valence-electron chi connectivity index (χ0n) is 10.5. The second-order valence-electron chi connectivity index (χ2n) is 4.81. The lowest BCUT2D eigenvalue weighted by atomic mass is 10.1. The Kier molecular flexibility index (Phi) is 3.32. The summed E-state index contributed by atoms with van der Waals surface area (Å²) < 4.78 is 1.91. The number of rotatable bonds is 3. The van der Waals surface area contributed by atoms with Crippen LogP contribution in [0.2, 0.25) is 0 Å². The first-order chi connectivity index (χ1) is 8.88. The first-order valence-corrected chi connectivity index (χ1v) is 6.49. The molecule has 2 heterocycles. The van der Waals surface area contributed by atoms with Crippen LogP contribution in [0.4, 0.5) is 0 Å². The molecule has 0 saturated carbocycles. The van der Waals surface area contributed by atoms with Gasteiger partial charge < -0.3 is 15.0 Å². The van der Waals surface area contributed by atoms with E-state index in [1.807, 2.05) is 10.6 Å². The van der Waals surface area contributed by atoms with Crippen molar-refractivity contribution in [3.05, 3.63) is 36.0 Å². The third kappa shape index (κ3) is 2.14. The molecule has 0 spiro atoms. The maximum absolute atomic E-state index is 9.39. The van der Waals surface area contributed by atoms with E-state index >= 15 is 0 Å². The summed E-state index contributed by atoms with van der Waals surface area (Å²) in [5, 5.41) is 14.0. The Hall–Kier alpha value is -1.36. The number of para-hydroxylation sites is 1. The Morgan fingerprint density at radius 1 is 1.17 bits per heavy atom. The molecular weight excluding hydrogens is 226 g/mol. The predicted octanol–water partition coefficient (Wildman–Crippen LogP) is 0.996. The molecule has 0 aliphatic carbocycles. The largest absolute Gasteiger partial charge is 0.376 e. The number of nitrogens with zero attached hydrogens (tertiary/aromatic N) is 2. The normalized spacial score (nSPS) is 17.4. The zero-order chi connectivity index (χ0) is 12.4. The third-order valence-corrected chi connectivity index (χ3v) is 3.63. The number of aromatic nitrogens is 1. The van der Waals surface area contributed by atoms with Crippen molar-refractivity contribution in [3.63, 3.8) is 0 Å². The van der Waals surface area contributed by atoms with E-state index in [0.29, 0.717) is 0 Å². The molecule has 1 aromatic heterocycles. The lowest BCUT2D eigenvalue weighted by Gasteiger charge is -2.26. The molecule has 0 amide bonds. The van der Waals surface area contributed by atoms with Crippen molar-refractivity contribution in [2.24, 2.45) is 0 Å². The maximum atomic E-state index is 9.39. The molecule has 0 radical (unpaired) electrons. The summed E-state index contributed by atoms with van der Waals surface area (Å²) >= 11 is 0. The summed E-state index contributed by atoms with van der Waals surface area (Å²) in [7, 11) is 0. The molecule has 0 atom stereocenters. The molecule has 2 N–H and O–H groups in total. The molecule has 4 heteroatoms. The summed E-state index contributed by atoms with van der Waals surface area (Å²) in [5.41, 5.74) is 2.42. The summed E-state index contributed by atoms with van der Waals surface area (Å²) in [4.78, 5) is 2.46. The predicted molar refractivity (Wildman–Crippen MR) is 72.3 cm³/mol. The standard InChI is InChI=1S/C14H19N3O/c18-11-17-10-12(9-16-7-5-15-6-8-16)13-3-1-2-4-14(13)17/h1-4,10,15,18H,5-9,11H2. The summed E-state index contributed by atoms with van der Waals surface area (Å²) in [6, 6.07) is 8.28. The van der Waals surface area contributed by atoms with Crippen LogP contribution >= 0.6 is 0 Å². The van der Waals surface area contributed by atoms with Gasteiger partial charge in [0.05, 0.1) is 5.52 Å². The molecule has 0 unspecified atom stereocenters. The van der Waals surface area contributed by atoms with Crippen molar-refractivity contribution in [1.82, 2.24) is 14.8 Å². The van der Waals surface area contributed by atoms with Gasteiger partial charge >= 0.3 is 0 Å². The van der Waals surface area contributed by atoms with Crippen molar-refractivity contribution >= 4 is 10.9 Å². The van der Waals surface area contributed by atoms with Crippen LogP contribution in [0.25, 0.3) is 10.9 Å². The number of aliphatic hydroxyl groups excluding tert-OH is 1. The Balaban J connectivity index is 1.91. The van der Waals surface area contributed by atoms with Crippen LogP contribution in [0.15, 0.2) is 30.5 Å². The third-order valence-electron chi connectivity index (χ3n) is 3.63. The lowest BCUT2D eigenvalue weighted by Crippen LogP contribution is -2.42. The molecule has 1 aliphatic rings. The van der Waals surface area contributed by atoms with Crippen LogP contribution in [0.3, 0.4) is 0 Å². The molecule has 1 fully saturated rings. The molecule has 2 aromatic rings. The minimum absolute atomic E-state index is 0.0437. The van der Waals surface area contributed by atoms with Crippen molar-refractivity contribution in [1.29, 1.82) is 0 Å². The fourth-order valence-corrected chi connectivity index (χ4v) is 2.68. The summed E-state index contributed by atoms with van der Waals surface area (Å²) in [6.45, 7) is 5.34. The van der Waals surface area contributed by atoms with Crippen LogP contribution in [0.1, 0.15) is 5.56 Å². The number of piperazine rings is 1. The van der Waals surface area contributed by atoms with Crippen molar-refractivity contribution in [2.45, 2.75) is 13.3 Å². The van der Waals surface area contributed by atoms with Gasteiger partial charge in [0.1, 0.15) is 6.73 Å². The highest BCUT2D eigenvalue weighted by Gasteiger charge is 2.13. The van der Waals surface area contributed by atoms with Crippen LogP contribution in [0.5, 0.6) is 0 Å². The SMILES string of the molecule is OCn1cc(CN2CCNCC2)c2ccccc21. The quantitative estimate of drug-likeness (QED) is 0.847. The Morgan fingerprint density at radius 3 is 2.72 bits per heavy atom. The van der Waals surface area contributed by atoms with Crippen molar-refractivity contribution in [2.75, 3.05) is 26.2 Å². The molecule has 0 bridgehead atoms. The Morgan fingerprint density at radius 2 is 1.94 bits per heavy atom. The average molecular weight is 245 g/mol. The van der Waals surface area contributed by atoms with Crippen LogP contribution in [-0.4, -0.2) is 40.8 Å². The molecule has 1 aromatic carbocycles. The van der Waals surface area contributed by atoms with E-state index in [1.165, 1.54) is 10.9 Å². The minimum Gasteiger partial charge on any atom is -0.376 e. The van der Waals surface area contributed by atoms with Crippen LogP contribution in [0, 0.1) is 0 Å². The van der Waals surface area contributed by atoms with Crippen molar-refractivity contribution < 1.29 is 5.11 Å². The number of aliphatic hydroxyl groups is 1. The van der Waals surface area contributed by atoms with Gasteiger partial charge in [-0.3, -0.25) is 4.90 Å². The maximum Gasteiger partial charge on any atom is 0.119 e. The molecule has 96 valence electrons. The van der Waals surface area contributed by atoms with E-state index in [4.69, 9.17) is 0 Å². The molecule has 4 nitrogen and oxygen atoms in total. The van der Waals surface area contributed by atoms with Crippen LogP contribution in [-0.2, 0) is 13.3 Å². The summed E-state index contributed by atoms with van der Waals surface area (Å²) in [5.74, 6) is 0. The van der Waals surface area contributed by atoms with E-state index < -0.39 is 0 Å². The number of hydrogen-bond acceptors (Lipinski definition) is 3. The second-order valence-corrected chi connectivity index (χ2v) is 4.81. The number of hydrogen-bond donors (Lipinski definition) is 2. The van der Waals surface area contributed by atoms with Crippen molar-refractivity contribution in [3.8, 4) is 0 Å². The fraction of sp³-hybridized carbons (Fsp3) is 0.429. The highest BCUT2D eigenvalue weighted by atomic mass is 16.3. The molecule has 18 heavy (non-hydrogen) atoms. The Bertz CT molecular complexity index is 529. The van der Waals surface area contributed by atoms with Gasteiger partial charge in [-0.15, -0.1) is 0 Å². The van der Waals surface area contributed by atoms with Gasteiger partial charge in [-0.2, -0.15) is 0 Å². The van der Waals surface area contributed by atoms with E-state index in [0.717, 1.165) is 38.2 Å². The molecule has 1 saturated heterocycles. The monoisotopic (exact) mass is 245 g/mol. The van der Waals surface area contributed by atoms with Gasteiger partial charge in [0.15, 0.2) is 0 Å².